The van der Waals surface area contributed by atoms with Crippen LogP contribution in [0.1, 0.15) is 13.3 Å². The predicted octanol–water partition coefficient (Wildman–Crippen LogP) is 2.22. The molecule has 70 valence electrons. The molecule has 0 fully saturated rings. The minimum atomic E-state index is -4.35. The fourth-order valence-corrected chi connectivity index (χ4v) is 0.675. The molecule has 1 N–H and O–H groups in total. The van der Waals surface area contributed by atoms with Crippen molar-refractivity contribution in [1.29, 1.82) is 0 Å². The molecule has 0 spiro atoms. The van der Waals surface area contributed by atoms with Crippen LogP contribution in [-0.4, -0.2) is 17.3 Å². The zero-order chi connectivity index (χ0) is 9.78. The van der Waals surface area contributed by atoms with Crippen LogP contribution in [0.5, 0.6) is 0 Å². The van der Waals surface area contributed by atoms with Crippen LogP contribution in [0.4, 0.5) is 13.2 Å². The average Bonchev–Trinajstić information content (AvgIpc) is 1.85. The molecule has 0 aliphatic rings. The van der Waals surface area contributed by atoms with Crippen LogP contribution in [0.3, 0.4) is 0 Å². The number of rotatable bonds is 3. The van der Waals surface area contributed by atoms with Crippen molar-refractivity contribution in [1.82, 2.24) is 0 Å². The lowest BCUT2D eigenvalue weighted by molar-refractivity contribution is -0.161. The number of carboxylic acid groups (broad SMARTS) is 1. The Balaban J connectivity index is 4.28. The Hall–Kier alpha value is -1.00. The van der Waals surface area contributed by atoms with Gasteiger partial charge in [0.15, 0.2) is 0 Å². The molecule has 0 rings (SSSR count). The number of carbonyl (C=O) groups is 1. The Kier molecular flexibility index (Phi) is 3.79. The molecule has 1 atom stereocenters. The summed E-state index contributed by atoms with van der Waals surface area (Å²) < 4.78 is 35.8. The number of carboxylic acids is 1. The first kappa shape index (κ1) is 11.0. The van der Waals surface area contributed by atoms with Crippen molar-refractivity contribution >= 4 is 5.97 Å². The minimum Gasteiger partial charge on any atom is -0.478 e. The van der Waals surface area contributed by atoms with E-state index in [1.54, 1.807) is 0 Å². The largest absolute Gasteiger partial charge is 0.478 e. The maximum Gasteiger partial charge on any atom is 0.395 e. The summed E-state index contributed by atoms with van der Waals surface area (Å²) in [4.78, 5) is 9.89. The van der Waals surface area contributed by atoms with E-state index >= 15 is 0 Å². The van der Waals surface area contributed by atoms with Crippen LogP contribution in [-0.2, 0) is 4.79 Å². The van der Waals surface area contributed by atoms with E-state index in [0.29, 0.717) is 12.2 Å². The molecule has 0 aromatic heterocycles. The molecule has 0 aromatic rings. The lowest BCUT2D eigenvalue weighted by Gasteiger charge is -2.13. The van der Waals surface area contributed by atoms with Gasteiger partial charge in [0.2, 0.25) is 0 Å². The Labute approximate surface area is 67.7 Å². The van der Waals surface area contributed by atoms with Crippen LogP contribution >= 0.6 is 0 Å². The van der Waals surface area contributed by atoms with Gasteiger partial charge in [0.05, 0.1) is 5.92 Å². The smallest absolute Gasteiger partial charge is 0.395 e. The quantitative estimate of drug-likeness (QED) is 0.679. The molecule has 0 aromatic carbocycles. The van der Waals surface area contributed by atoms with Gasteiger partial charge in [-0.25, -0.2) is 4.79 Å². The molecule has 5 heteroatoms. The van der Waals surface area contributed by atoms with E-state index in [1.807, 2.05) is 0 Å². The second-order valence-corrected chi connectivity index (χ2v) is 2.25. The second-order valence-electron chi connectivity index (χ2n) is 2.25. The van der Waals surface area contributed by atoms with E-state index in [2.05, 4.69) is 0 Å². The third kappa shape index (κ3) is 4.00. The topological polar surface area (TPSA) is 37.3 Å². The lowest BCUT2D eigenvalue weighted by Crippen LogP contribution is -2.20. The third-order valence-corrected chi connectivity index (χ3v) is 1.33. The highest BCUT2D eigenvalue weighted by Gasteiger charge is 2.36. The summed E-state index contributed by atoms with van der Waals surface area (Å²) in [6.45, 7) is 1.35. The monoisotopic (exact) mass is 182 g/mol. The van der Waals surface area contributed by atoms with Crippen LogP contribution in [0.25, 0.3) is 0 Å². The van der Waals surface area contributed by atoms with E-state index in [1.165, 1.54) is 6.92 Å². The number of halogens is 3. The van der Waals surface area contributed by atoms with Crippen molar-refractivity contribution in [3.05, 3.63) is 12.2 Å². The van der Waals surface area contributed by atoms with Crippen molar-refractivity contribution < 1.29 is 23.1 Å². The van der Waals surface area contributed by atoms with E-state index in [-0.39, 0.29) is 6.42 Å². The summed E-state index contributed by atoms with van der Waals surface area (Å²) in [5.41, 5.74) is 0. The van der Waals surface area contributed by atoms with Gasteiger partial charge in [-0.2, -0.15) is 13.2 Å². The molecule has 0 amide bonds. The molecule has 2 nitrogen and oxygen atoms in total. The highest BCUT2D eigenvalue weighted by atomic mass is 19.4. The van der Waals surface area contributed by atoms with Crippen molar-refractivity contribution in [2.45, 2.75) is 19.5 Å². The molecule has 0 bridgehead atoms. The standard InChI is InChI=1S/C7H9F3O2/c1-2-5(7(8,9)10)3-4-6(11)12/h3-5H,2H2,1H3,(H,11,12). The summed E-state index contributed by atoms with van der Waals surface area (Å²) in [6, 6.07) is 0. The Morgan fingerprint density at radius 1 is 1.58 bits per heavy atom. The Morgan fingerprint density at radius 2 is 2.08 bits per heavy atom. The SMILES string of the molecule is CCC(C=CC(=O)O)C(F)(F)F. The van der Waals surface area contributed by atoms with Crippen LogP contribution < -0.4 is 0 Å². The van der Waals surface area contributed by atoms with Gasteiger partial charge >= 0.3 is 12.1 Å². The summed E-state index contributed by atoms with van der Waals surface area (Å²) in [5, 5.41) is 8.07. The average molecular weight is 182 g/mol. The maximum absolute atomic E-state index is 11.9. The number of aliphatic carboxylic acids is 1. The number of allylic oxidation sites excluding steroid dienone is 1. The predicted molar refractivity (Wildman–Crippen MR) is 36.6 cm³/mol. The van der Waals surface area contributed by atoms with Crippen molar-refractivity contribution in [3.63, 3.8) is 0 Å². The molecule has 0 saturated carbocycles. The molecule has 0 radical (unpaired) electrons. The summed E-state index contributed by atoms with van der Waals surface area (Å²) >= 11 is 0. The molecule has 12 heavy (non-hydrogen) atoms. The van der Waals surface area contributed by atoms with Crippen LogP contribution in [0.2, 0.25) is 0 Å². The molecular formula is C7H9F3O2. The number of hydrogen-bond acceptors (Lipinski definition) is 1. The van der Waals surface area contributed by atoms with Crippen LogP contribution in [0.15, 0.2) is 12.2 Å². The first-order valence-electron chi connectivity index (χ1n) is 3.35. The fraction of sp³-hybridized carbons (Fsp3) is 0.571. The van der Waals surface area contributed by atoms with Gasteiger partial charge in [0, 0.05) is 6.08 Å². The van der Waals surface area contributed by atoms with Crippen molar-refractivity contribution in [3.8, 4) is 0 Å². The fourth-order valence-electron chi connectivity index (χ4n) is 0.675. The van der Waals surface area contributed by atoms with E-state index < -0.39 is 18.1 Å². The molecule has 1 unspecified atom stereocenters. The molecular weight excluding hydrogens is 173 g/mol. The number of hydrogen-bond donors (Lipinski definition) is 1. The normalized spacial score (nSPS) is 15.0. The minimum absolute atomic E-state index is 0.146. The molecule has 0 heterocycles. The molecule has 0 aliphatic heterocycles. The first-order chi connectivity index (χ1) is 5.38. The van der Waals surface area contributed by atoms with Crippen molar-refractivity contribution in [2.24, 2.45) is 5.92 Å². The van der Waals surface area contributed by atoms with Crippen molar-refractivity contribution in [2.75, 3.05) is 0 Å². The number of alkyl halides is 3. The Morgan fingerprint density at radius 3 is 2.33 bits per heavy atom. The van der Waals surface area contributed by atoms with Crippen LogP contribution in [0, 0.1) is 5.92 Å². The zero-order valence-corrected chi connectivity index (χ0v) is 6.43. The van der Waals surface area contributed by atoms with E-state index in [9.17, 15) is 18.0 Å². The zero-order valence-electron chi connectivity index (χ0n) is 6.43. The van der Waals surface area contributed by atoms with Gasteiger partial charge in [0.1, 0.15) is 0 Å². The van der Waals surface area contributed by atoms with E-state index in [0.717, 1.165) is 0 Å². The summed E-state index contributed by atoms with van der Waals surface area (Å²) in [6.07, 6.45) is -3.32. The highest BCUT2D eigenvalue weighted by molar-refractivity contribution is 5.79. The summed E-state index contributed by atoms with van der Waals surface area (Å²) in [7, 11) is 0. The van der Waals surface area contributed by atoms with Gasteiger partial charge in [-0.3, -0.25) is 0 Å². The Bertz CT molecular complexity index is 184. The third-order valence-electron chi connectivity index (χ3n) is 1.33. The lowest BCUT2D eigenvalue weighted by atomic mass is 10.1. The molecule has 0 saturated heterocycles. The maximum atomic E-state index is 11.9. The summed E-state index contributed by atoms with van der Waals surface area (Å²) in [5.74, 6) is -3.02. The van der Waals surface area contributed by atoms with Gasteiger partial charge in [-0.1, -0.05) is 13.0 Å². The highest BCUT2D eigenvalue weighted by Crippen LogP contribution is 2.29. The van der Waals surface area contributed by atoms with Gasteiger partial charge in [-0.15, -0.1) is 0 Å². The van der Waals surface area contributed by atoms with Gasteiger partial charge in [-0.05, 0) is 6.42 Å². The van der Waals surface area contributed by atoms with E-state index in [4.69, 9.17) is 5.11 Å². The molecule has 0 aliphatic carbocycles. The van der Waals surface area contributed by atoms with Gasteiger partial charge < -0.3 is 5.11 Å². The second kappa shape index (κ2) is 4.13. The van der Waals surface area contributed by atoms with Gasteiger partial charge in [0.25, 0.3) is 0 Å². The first-order valence-corrected chi connectivity index (χ1v) is 3.35.